The number of carbonyl (C=O) groups is 2. The zero-order chi connectivity index (χ0) is 21.4. The van der Waals surface area contributed by atoms with Gasteiger partial charge in [-0.3, -0.25) is 4.79 Å². The van der Waals surface area contributed by atoms with E-state index in [2.05, 4.69) is 10.0 Å². The van der Waals surface area contributed by atoms with E-state index in [9.17, 15) is 22.4 Å². The van der Waals surface area contributed by atoms with Crippen LogP contribution in [0.2, 0.25) is 0 Å². The molecule has 10 heteroatoms. The van der Waals surface area contributed by atoms with Gasteiger partial charge in [0.25, 0.3) is 0 Å². The van der Waals surface area contributed by atoms with Gasteiger partial charge in [0.05, 0.1) is 5.56 Å². The van der Waals surface area contributed by atoms with E-state index in [-0.39, 0.29) is 18.5 Å². The Morgan fingerprint density at radius 3 is 2.38 bits per heavy atom. The first-order chi connectivity index (χ1) is 13.7. The van der Waals surface area contributed by atoms with E-state index in [1.807, 2.05) is 6.26 Å². The van der Waals surface area contributed by atoms with Gasteiger partial charge in [-0.2, -0.15) is 16.5 Å². The minimum atomic E-state index is -4.22. The predicted octanol–water partition coefficient (Wildman–Crippen LogP) is 2.24. The van der Waals surface area contributed by atoms with E-state index in [4.69, 9.17) is 5.11 Å². The van der Waals surface area contributed by atoms with Crippen LogP contribution in [0.25, 0.3) is 0 Å². The van der Waals surface area contributed by atoms with E-state index in [1.165, 1.54) is 36.0 Å². The van der Waals surface area contributed by atoms with Gasteiger partial charge >= 0.3 is 5.97 Å². The highest BCUT2D eigenvalue weighted by atomic mass is 32.2. The number of hydrogen-bond donors (Lipinski definition) is 3. The number of halogens is 1. The Balaban J connectivity index is 2.09. The summed E-state index contributed by atoms with van der Waals surface area (Å²) in [5.74, 6) is -1.99. The van der Waals surface area contributed by atoms with Crippen molar-refractivity contribution in [2.24, 2.45) is 0 Å². The van der Waals surface area contributed by atoms with E-state index in [0.717, 1.165) is 12.1 Å². The molecule has 0 aliphatic carbocycles. The molecule has 2 aromatic carbocycles. The standard InChI is InChI=1S/C19H21FN2O5S2/c1-28-11-10-16(22-29(26,27)17-5-3-2-4-15(17)20)18(23)21-12-13-6-8-14(9-7-13)19(24)25/h2-9,16,22H,10-12H2,1H3,(H,21,23)(H,24,25)/t16-/m1/s1. The number of rotatable bonds is 10. The Hall–Kier alpha value is -2.43. The first kappa shape index (κ1) is 22.9. The molecule has 1 atom stereocenters. The van der Waals surface area contributed by atoms with Gasteiger partial charge in [-0.25, -0.2) is 17.6 Å². The van der Waals surface area contributed by atoms with Gasteiger partial charge in [-0.15, -0.1) is 0 Å². The van der Waals surface area contributed by atoms with Crippen LogP contribution in [0.4, 0.5) is 4.39 Å². The van der Waals surface area contributed by atoms with Gasteiger partial charge in [-0.1, -0.05) is 24.3 Å². The van der Waals surface area contributed by atoms with Crippen LogP contribution in [0.3, 0.4) is 0 Å². The summed E-state index contributed by atoms with van der Waals surface area (Å²) >= 11 is 1.45. The molecule has 0 aliphatic rings. The molecule has 0 fully saturated rings. The number of benzene rings is 2. The summed E-state index contributed by atoms with van der Waals surface area (Å²) in [6.07, 6.45) is 2.04. The van der Waals surface area contributed by atoms with Crippen LogP contribution < -0.4 is 10.0 Å². The first-order valence-electron chi connectivity index (χ1n) is 8.60. The molecule has 3 N–H and O–H groups in total. The molecule has 0 spiro atoms. The summed E-state index contributed by atoms with van der Waals surface area (Å²) in [6, 6.07) is 9.81. The van der Waals surface area contributed by atoms with Crippen molar-refractivity contribution in [2.45, 2.75) is 23.9 Å². The zero-order valence-electron chi connectivity index (χ0n) is 15.6. The van der Waals surface area contributed by atoms with Crippen LogP contribution in [0.5, 0.6) is 0 Å². The number of carboxylic acid groups (broad SMARTS) is 1. The van der Waals surface area contributed by atoms with Crippen molar-refractivity contribution in [3.8, 4) is 0 Å². The minimum Gasteiger partial charge on any atom is -0.478 e. The number of carbonyl (C=O) groups excluding carboxylic acids is 1. The van der Waals surface area contributed by atoms with Crippen LogP contribution in [0.15, 0.2) is 53.4 Å². The van der Waals surface area contributed by atoms with E-state index in [1.54, 1.807) is 12.1 Å². The Morgan fingerprint density at radius 2 is 1.79 bits per heavy atom. The zero-order valence-corrected chi connectivity index (χ0v) is 17.2. The van der Waals surface area contributed by atoms with Gasteiger partial charge < -0.3 is 10.4 Å². The van der Waals surface area contributed by atoms with Crippen molar-refractivity contribution >= 4 is 33.7 Å². The van der Waals surface area contributed by atoms with E-state index in [0.29, 0.717) is 11.3 Å². The van der Waals surface area contributed by atoms with Gasteiger partial charge in [0.15, 0.2) is 0 Å². The molecule has 2 rings (SSSR count). The number of nitrogens with one attached hydrogen (secondary N) is 2. The van der Waals surface area contributed by atoms with Crippen molar-refractivity contribution in [2.75, 3.05) is 12.0 Å². The third-order valence-electron chi connectivity index (χ3n) is 4.02. The molecular weight excluding hydrogens is 419 g/mol. The number of aromatic carboxylic acids is 1. The van der Waals surface area contributed by atoms with Crippen LogP contribution in [-0.2, 0) is 21.4 Å². The van der Waals surface area contributed by atoms with Gasteiger partial charge in [0.1, 0.15) is 16.8 Å². The van der Waals surface area contributed by atoms with Crippen LogP contribution in [0, 0.1) is 5.82 Å². The normalized spacial score (nSPS) is 12.3. The fraction of sp³-hybridized carbons (Fsp3) is 0.263. The molecular formula is C19H21FN2O5S2. The van der Waals surface area contributed by atoms with Crippen LogP contribution in [0.1, 0.15) is 22.3 Å². The molecule has 2 aromatic rings. The number of amides is 1. The third-order valence-corrected chi connectivity index (χ3v) is 6.17. The minimum absolute atomic E-state index is 0.0932. The summed E-state index contributed by atoms with van der Waals surface area (Å²) in [6.45, 7) is 0.0932. The number of hydrogen-bond acceptors (Lipinski definition) is 5. The van der Waals surface area contributed by atoms with Crippen LogP contribution >= 0.6 is 11.8 Å². The van der Waals surface area contributed by atoms with Gasteiger partial charge in [0, 0.05) is 6.54 Å². The van der Waals surface area contributed by atoms with Crippen molar-refractivity contribution in [3.63, 3.8) is 0 Å². The molecule has 0 saturated heterocycles. The molecule has 1 amide bonds. The molecule has 0 unspecified atom stereocenters. The fourth-order valence-corrected chi connectivity index (χ4v) is 4.25. The lowest BCUT2D eigenvalue weighted by Crippen LogP contribution is -2.46. The smallest absolute Gasteiger partial charge is 0.335 e. The van der Waals surface area contributed by atoms with Gasteiger partial charge in [0.2, 0.25) is 15.9 Å². The monoisotopic (exact) mass is 440 g/mol. The molecule has 0 bridgehead atoms. The second-order valence-corrected chi connectivity index (χ2v) is 8.77. The summed E-state index contributed by atoms with van der Waals surface area (Å²) < 4.78 is 41.2. The Morgan fingerprint density at radius 1 is 1.14 bits per heavy atom. The molecule has 29 heavy (non-hydrogen) atoms. The first-order valence-corrected chi connectivity index (χ1v) is 11.5. The second-order valence-electron chi connectivity index (χ2n) is 6.11. The summed E-state index contributed by atoms with van der Waals surface area (Å²) in [5, 5.41) is 11.5. The maximum Gasteiger partial charge on any atom is 0.335 e. The highest BCUT2D eigenvalue weighted by Gasteiger charge is 2.27. The third kappa shape index (κ3) is 6.55. The lowest BCUT2D eigenvalue weighted by atomic mass is 10.1. The lowest BCUT2D eigenvalue weighted by Gasteiger charge is -2.18. The largest absolute Gasteiger partial charge is 0.478 e. The van der Waals surface area contributed by atoms with Crippen molar-refractivity contribution < 1.29 is 27.5 Å². The topological polar surface area (TPSA) is 113 Å². The summed E-state index contributed by atoms with van der Waals surface area (Å²) in [5.41, 5.74) is 0.777. The highest BCUT2D eigenvalue weighted by Crippen LogP contribution is 2.15. The van der Waals surface area contributed by atoms with Crippen LogP contribution in [-0.4, -0.2) is 43.5 Å². The summed E-state index contributed by atoms with van der Waals surface area (Å²) in [7, 11) is -4.22. The molecule has 0 aliphatic heterocycles. The molecule has 0 heterocycles. The quantitative estimate of drug-likeness (QED) is 0.522. The maximum absolute atomic E-state index is 13.9. The number of carboxylic acids is 1. The average Bonchev–Trinajstić information content (AvgIpc) is 2.69. The Labute approximate surface area is 172 Å². The molecule has 0 aromatic heterocycles. The Kier molecular flexibility index (Phi) is 8.18. The average molecular weight is 441 g/mol. The number of thioether (sulfide) groups is 1. The van der Waals surface area contributed by atoms with Crippen molar-refractivity contribution in [3.05, 3.63) is 65.5 Å². The Bertz CT molecular complexity index is 965. The maximum atomic E-state index is 13.9. The van der Waals surface area contributed by atoms with Crippen molar-refractivity contribution in [1.82, 2.24) is 10.0 Å². The lowest BCUT2D eigenvalue weighted by molar-refractivity contribution is -0.122. The number of sulfonamides is 1. The highest BCUT2D eigenvalue weighted by molar-refractivity contribution is 7.98. The van der Waals surface area contributed by atoms with Gasteiger partial charge in [-0.05, 0) is 48.3 Å². The fourth-order valence-electron chi connectivity index (χ4n) is 2.47. The second kappa shape index (κ2) is 10.4. The van der Waals surface area contributed by atoms with Crippen molar-refractivity contribution in [1.29, 1.82) is 0 Å². The SMILES string of the molecule is CSCC[C@@H](NS(=O)(=O)c1ccccc1F)C(=O)NCc1ccc(C(=O)O)cc1. The predicted molar refractivity (Wildman–Crippen MR) is 109 cm³/mol. The van der Waals surface area contributed by atoms with E-state index >= 15 is 0 Å². The van der Waals surface area contributed by atoms with E-state index < -0.39 is 38.7 Å². The molecule has 7 nitrogen and oxygen atoms in total. The summed E-state index contributed by atoms with van der Waals surface area (Å²) in [4.78, 5) is 22.9. The molecule has 0 radical (unpaired) electrons. The molecule has 0 saturated carbocycles. The molecule has 156 valence electrons.